The number of hydrogen-bond donors (Lipinski definition) is 1. The van der Waals surface area contributed by atoms with E-state index in [0.717, 1.165) is 60.0 Å². The van der Waals surface area contributed by atoms with Crippen molar-refractivity contribution in [2.45, 2.75) is 93.4 Å². The van der Waals surface area contributed by atoms with E-state index >= 15 is 0 Å². The number of rotatable bonds is 15. The number of nitrogens with zero attached hydrogens (tertiary/aromatic N) is 5. The molecule has 4 atom stereocenters. The molecule has 2 heterocycles. The van der Waals surface area contributed by atoms with Gasteiger partial charge in [-0.1, -0.05) is 86.1 Å². The van der Waals surface area contributed by atoms with Crippen molar-refractivity contribution in [2.24, 2.45) is 28.6 Å². The lowest BCUT2D eigenvalue weighted by Crippen LogP contribution is -2.50. The van der Waals surface area contributed by atoms with Crippen LogP contribution in [0.3, 0.4) is 0 Å². The average Bonchev–Trinajstić information content (AvgIpc) is 3.51. The standard InChI is InChI=1S/C40H64N6O2S2/c1-29(26-39(3,4)5)11-14-33(30(2)27-40(6,7)8)28-50(47,48)46-23-21-45(22-24-46)38-42-37(43-49-38)36(32-15-17-34(41)18-16-32)25-31-12-19-35(20-13-31)44(9)10/h12-13,15-20,29-30,33,36H,11,14,21-28,41H2,1-10H3. The first kappa shape index (κ1) is 40.1. The van der Waals surface area contributed by atoms with Crippen molar-refractivity contribution >= 4 is 38.1 Å². The van der Waals surface area contributed by atoms with Crippen molar-refractivity contribution in [3.05, 3.63) is 65.5 Å². The van der Waals surface area contributed by atoms with Gasteiger partial charge in [0, 0.05) is 69.1 Å². The topological polar surface area (TPSA) is 95.7 Å². The Hall–Kier alpha value is -2.69. The van der Waals surface area contributed by atoms with Gasteiger partial charge in [0.15, 0.2) is 5.82 Å². The van der Waals surface area contributed by atoms with E-state index in [9.17, 15) is 8.42 Å². The third kappa shape index (κ3) is 11.9. The average molecular weight is 725 g/mol. The number of nitrogen functional groups attached to an aromatic ring is 1. The zero-order valence-electron chi connectivity index (χ0n) is 32.4. The molecule has 4 rings (SSSR count). The highest BCUT2D eigenvalue weighted by Gasteiger charge is 2.34. The van der Waals surface area contributed by atoms with E-state index in [2.05, 4.69) is 102 Å². The van der Waals surface area contributed by atoms with Crippen LogP contribution in [0.15, 0.2) is 48.5 Å². The number of sulfonamides is 1. The summed E-state index contributed by atoms with van der Waals surface area (Å²) < 4.78 is 34.5. The number of piperazine rings is 1. The summed E-state index contributed by atoms with van der Waals surface area (Å²) in [7, 11) is 0.689. The van der Waals surface area contributed by atoms with Crippen LogP contribution in [-0.2, 0) is 16.4 Å². The second-order valence-electron chi connectivity index (χ2n) is 17.5. The van der Waals surface area contributed by atoms with Gasteiger partial charge in [0.05, 0.1) is 5.75 Å². The van der Waals surface area contributed by atoms with Gasteiger partial charge >= 0.3 is 0 Å². The monoisotopic (exact) mass is 724 g/mol. The predicted octanol–water partition coefficient (Wildman–Crippen LogP) is 8.55. The maximum Gasteiger partial charge on any atom is 0.214 e. The minimum absolute atomic E-state index is 0.0226. The SMILES string of the molecule is CC(CCC(CS(=O)(=O)N1CCN(c2nc(C(Cc3ccc(N(C)C)cc3)c3ccc(N)cc3)ns2)CC1)C(C)CC(C)(C)C)CC(C)(C)C. The van der Waals surface area contributed by atoms with Gasteiger partial charge in [0.2, 0.25) is 15.2 Å². The fourth-order valence-electron chi connectivity index (χ4n) is 7.59. The van der Waals surface area contributed by atoms with E-state index in [1.165, 1.54) is 17.1 Å². The number of anilines is 3. The zero-order chi connectivity index (χ0) is 36.9. The molecule has 1 aromatic heterocycles. The van der Waals surface area contributed by atoms with E-state index in [-0.39, 0.29) is 28.4 Å². The Morgan fingerprint density at radius 2 is 1.46 bits per heavy atom. The lowest BCUT2D eigenvalue weighted by atomic mass is 9.77. The van der Waals surface area contributed by atoms with E-state index < -0.39 is 10.0 Å². The number of benzene rings is 2. The fraction of sp³-hybridized carbons (Fsp3) is 0.650. The summed E-state index contributed by atoms with van der Waals surface area (Å²) in [5, 5.41) is 0.852. The van der Waals surface area contributed by atoms with Crippen LogP contribution in [-0.4, -0.2) is 68.1 Å². The second-order valence-corrected chi connectivity index (χ2v) is 20.3. The summed E-state index contributed by atoms with van der Waals surface area (Å²) in [6.07, 6.45) is 4.96. The quantitative estimate of drug-likeness (QED) is 0.157. The number of nitrogens with two attached hydrogens (primary N) is 1. The molecule has 0 saturated carbocycles. The van der Waals surface area contributed by atoms with Crippen molar-refractivity contribution < 1.29 is 8.42 Å². The van der Waals surface area contributed by atoms with Crippen LogP contribution >= 0.6 is 11.5 Å². The Labute approximate surface area is 308 Å². The van der Waals surface area contributed by atoms with E-state index in [0.29, 0.717) is 38.0 Å². The first-order chi connectivity index (χ1) is 23.3. The fourth-order valence-corrected chi connectivity index (χ4v) is 10.3. The number of aromatic nitrogens is 2. The Balaban J connectivity index is 1.44. The smallest absolute Gasteiger partial charge is 0.214 e. The summed E-state index contributed by atoms with van der Waals surface area (Å²) in [6.45, 7) is 20.4. The van der Waals surface area contributed by atoms with E-state index in [4.69, 9.17) is 15.1 Å². The lowest BCUT2D eigenvalue weighted by Gasteiger charge is -2.36. The van der Waals surface area contributed by atoms with Gasteiger partial charge in [-0.2, -0.15) is 8.68 Å². The molecule has 0 spiro atoms. The molecule has 2 aromatic carbocycles. The van der Waals surface area contributed by atoms with Crippen LogP contribution in [0.25, 0.3) is 0 Å². The minimum atomic E-state index is -3.40. The first-order valence-electron chi connectivity index (χ1n) is 18.5. The van der Waals surface area contributed by atoms with Gasteiger partial charge in [-0.05, 0) is 89.7 Å². The maximum absolute atomic E-state index is 14.0. The van der Waals surface area contributed by atoms with Gasteiger partial charge in [0.1, 0.15) is 0 Å². The minimum Gasteiger partial charge on any atom is -0.399 e. The Morgan fingerprint density at radius 1 is 0.860 bits per heavy atom. The highest BCUT2D eigenvalue weighted by Crippen LogP contribution is 2.36. The Kier molecular flexibility index (Phi) is 13.4. The largest absolute Gasteiger partial charge is 0.399 e. The molecule has 0 bridgehead atoms. The Morgan fingerprint density at radius 3 is 2.02 bits per heavy atom. The first-order valence-corrected chi connectivity index (χ1v) is 20.9. The highest BCUT2D eigenvalue weighted by atomic mass is 32.2. The van der Waals surface area contributed by atoms with Gasteiger partial charge in [0.25, 0.3) is 0 Å². The molecule has 2 N–H and O–H groups in total. The molecule has 1 aliphatic rings. The molecule has 1 fully saturated rings. The van der Waals surface area contributed by atoms with Crippen molar-refractivity contribution in [1.29, 1.82) is 0 Å². The van der Waals surface area contributed by atoms with E-state index in [1.54, 1.807) is 4.31 Å². The molecule has 278 valence electrons. The predicted molar refractivity (Wildman–Crippen MR) is 214 cm³/mol. The molecule has 10 heteroatoms. The molecule has 0 radical (unpaired) electrons. The molecular formula is C40H64N6O2S2. The third-order valence-electron chi connectivity index (χ3n) is 10.0. The summed E-state index contributed by atoms with van der Waals surface area (Å²) in [4.78, 5) is 9.36. The van der Waals surface area contributed by atoms with Crippen LogP contribution < -0.4 is 15.5 Å². The molecule has 0 amide bonds. The van der Waals surface area contributed by atoms with Crippen LogP contribution in [0, 0.1) is 28.6 Å². The van der Waals surface area contributed by atoms with Crippen molar-refractivity contribution in [1.82, 2.24) is 13.7 Å². The van der Waals surface area contributed by atoms with Crippen molar-refractivity contribution in [2.75, 3.05) is 61.6 Å². The summed E-state index contributed by atoms with van der Waals surface area (Å²) >= 11 is 1.41. The highest BCUT2D eigenvalue weighted by molar-refractivity contribution is 7.89. The maximum atomic E-state index is 14.0. The molecule has 3 aromatic rings. The Bertz CT molecular complexity index is 1580. The van der Waals surface area contributed by atoms with Gasteiger partial charge in [-0.3, -0.25) is 0 Å². The normalized spacial score (nSPS) is 17.4. The zero-order valence-corrected chi connectivity index (χ0v) is 34.1. The van der Waals surface area contributed by atoms with Crippen LogP contribution in [0.2, 0.25) is 0 Å². The lowest BCUT2D eigenvalue weighted by molar-refractivity contribution is 0.221. The molecular weight excluding hydrogens is 661 g/mol. The second kappa shape index (κ2) is 16.8. The van der Waals surface area contributed by atoms with E-state index in [1.807, 2.05) is 26.2 Å². The van der Waals surface area contributed by atoms with Crippen LogP contribution in [0.1, 0.15) is 104 Å². The molecule has 8 nitrogen and oxygen atoms in total. The molecule has 50 heavy (non-hydrogen) atoms. The molecule has 0 aliphatic carbocycles. The summed E-state index contributed by atoms with van der Waals surface area (Å²) in [6, 6.07) is 16.6. The van der Waals surface area contributed by atoms with Crippen molar-refractivity contribution in [3.63, 3.8) is 0 Å². The van der Waals surface area contributed by atoms with Gasteiger partial charge in [-0.25, -0.2) is 13.4 Å². The van der Waals surface area contributed by atoms with Crippen molar-refractivity contribution in [3.8, 4) is 0 Å². The van der Waals surface area contributed by atoms with Gasteiger partial charge in [-0.15, -0.1) is 0 Å². The third-order valence-corrected chi connectivity index (χ3v) is 12.8. The van der Waals surface area contributed by atoms with Gasteiger partial charge < -0.3 is 15.5 Å². The summed E-state index contributed by atoms with van der Waals surface area (Å²) in [5.41, 5.74) is 10.7. The number of hydrogen-bond acceptors (Lipinski definition) is 8. The molecule has 1 aliphatic heterocycles. The molecule has 4 unspecified atom stereocenters. The molecule has 1 saturated heterocycles. The summed E-state index contributed by atoms with van der Waals surface area (Å²) in [5.74, 6) is 2.06. The van der Waals surface area contributed by atoms with Crippen LogP contribution in [0.4, 0.5) is 16.5 Å². The van der Waals surface area contributed by atoms with Crippen LogP contribution in [0.5, 0.6) is 0 Å².